The number of carbonyl (C=O) groups excluding carboxylic acids is 4. The number of likely N-dealkylation sites (tertiary alicyclic amines) is 1. The number of fused-ring (bicyclic) bond motifs is 5. The van der Waals surface area contributed by atoms with E-state index in [9.17, 15) is 19.2 Å². The number of imide groups is 1. The van der Waals surface area contributed by atoms with Crippen LogP contribution in [0.1, 0.15) is 6.42 Å². The summed E-state index contributed by atoms with van der Waals surface area (Å²) in [6, 6.07) is 6.68. The number of carbonyl (C=O) groups is 4. The standard InChI is InChI=1S/C20H20N2O6/c1-27-14-6-4-13(5-7-14)21-15(23)10-28-16(24)9-22-19(25)17-11-2-3-12(8-11)18(17)20(22)26/h2-7,11-12,17-18H,8-10H2,1H3,(H,21,23)/t11-,12-,17+,18+/m0/s1. The van der Waals surface area contributed by atoms with E-state index in [2.05, 4.69) is 5.32 Å². The summed E-state index contributed by atoms with van der Waals surface area (Å²) < 4.78 is 9.97. The van der Waals surface area contributed by atoms with Crippen molar-refractivity contribution in [2.24, 2.45) is 23.7 Å². The Morgan fingerprint density at radius 3 is 2.25 bits per heavy atom. The Hall–Kier alpha value is -3.16. The maximum atomic E-state index is 12.5. The fourth-order valence-electron chi connectivity index (χ4n) is 4.31. The molecule has 1 aliphatic heterocycles. The van der Waals surface area contributed by atoms with E-state index < -0.39 is 25.0 Å². The molecule has 28 heavy (non-hydrogen) atoms. The van der Waals surface area contributed by atoms with Crippen LogP contribution in [-0.4, -0.2) is 48.9 Å². The minimum Gasteiger partial charge on any atom is -0.497 e. The van der Waals surface area contributed by atoms with Gasteiger partial charge in [0.05, 0.1) is 18.9 Å². The van der Waals surface area contributed by atoms with Gasteiger partial charge in [0.2, 0.25) is 11.8 Å². The van der Waals surface area contributed by atoms with Crippen LogP contribution in [0.5, 0.6) is 5.75 Å². The zero-order valence-corrected chi connectivity index (χ0v) is 15.3. The highest BCUT2D eigenvalue weighted by Gasteiger charge is 2.59. The van der Waals surface area contributed by atoms with Crippen molar-refractivity contribution >= 4 is 29.4 Å². The highest BCUT2D eigenvalue weighted by atomic mass is 16.5. The first-order valence-electron chi connectivity index (χ1n) is 9.11. The molecule has 146 valence electrons. The highest BCUT2D eigenvalue weighted by molar-refractivity contribution is 6.08. The van der Waals surface area contributed by atoms with Crippen molar-refractivity contribution in [1.29, 1.82) is 0 Å². The Kier molecular flexibility index (Phi) is 4.62. The minimum absolute atomic E-state index is 0.0859. The van der Waals surface area contributed by atoms with Gasteiger partial charge < -0.3 is 14.8 Å². The summed E-state index contributed by atoms with van der Waals surface area (Å²) in [5.41, 5.74) is 0.530. The second kappa shape index (κ2) is 7.10. The van der Waals surface area contributed by atoms with Gasteiger partial charge in [0, 0.05) is 5.69 Å². The third-order valence-electron chi connectivity index (χ3n) is 5.59. The van der Waals surface area contributed by atoms with Crippen LogP contribution in [0.15, 0.2) is 36.4 Å². The molecule has 8 nitrogen and oxygen atoms in total. The van der Waals surface area contributed by atoms with Gasteiger partial charge in [-0.1, -0.05) is 12.2 Å². The van der Waals surface area contributed by atoms with Crippen molar-refractivity contribution in [2.75, 3.05) is 25.6 Å². The first kappa shape index (κ1) is 18.2. The van der Waals surface area contributed by atoms with Crippen molar-refractivity contribution in [3.8, 4) is 5.75 Å². The molecule has 1 saturated carbocycles. The maximum absolute atomic E-state index is 12.5. The smallest absolute Gasteiger partial charge is 0.326 e. The Bertz CT molecular complexity index is 832. The van der Waals surface area contributed by atoms with Crippen LogP contribution in [-0.2, 0) is 23.9 Å². The van der Waals surface area contributed by atoms with Gasteiger partial charge in [-0.2, -0.15) is 0 Å². The molecule has 1 saturated heterocycles. The number of nitrogens with one attached hydrogen (secondary N) is 1. The third-order valence-corrected chi connectivity index (χ3v) is 5.59. The van der Waals surface area contributed by atoms with Gasteiger partial charge in [0.1, 0.15) is 12.3 Å². The molecule has 0 unspecified atom stereocenters. The highest BCUT2D eigenvalue weighted by Crippen LogP contribution is 2.52. The van der Waals surface area contributed by atoms with Crippen LogP contribution in [0, 0.1) is 23.7 Å². The number of nitrogens with zero attached hydrogens (tertiary/aromatic N) is 1. The number of rotatable bonds is 6. The SMILES string of the molecule is COc1ccc(NC(=O)COC(=O)CN2C(=O)[C@H]3[C@H](C2=O)[C@H]2C=C[C@H]3C2)cc1. The molecular weight excluding hydrogens is 364 g/mol. The van der Waals surface area contributed by atoms with Crippen molar-refractivity contribution in [3.63, 3.8) is 0 Å². The summed E-state index contributed by atoms with van der Waals surface area (Å²) >= 11 is 0. The van der Waals surface area contributed by atoms with Gasteiger partial charge in [-0.15, -0.1) is 0 Å². The monoisotopic (exact) mass is 384 g/mol. The molecule has 1 aromatic carbocycles. The summed E-state index contributed by atoms with van der Waals surface area (Å²) in [4.78, 5) is 50.0. The molecule has 1 aromatic rings. The molecule has 0 spiro atoms. The zero-order chi connectivity index (χ0) is 19.8. The van der Waals surface area contributed by atoms with Crippen LogP contribution in [0.4, 0.5) is 5.69 Å². The van der Waals surface area contributed by atoms with Crippen LogP contribution >= 0.6 is 0 Å². The molecule has 4 atom stereocenters. The number of benzene rings is 1. The fraction of sp³-hybridized carbons (Fsp3) is 0.400. The Labute approximate surface area is 161 Å². The second-order valence-corrected chi connectivity index (χ2v) is 7.20. The molecule has 1 N–H and O–H groups in total. The molecule has 1 heterocycles. The van der Waals surface area contributed by atoms with Gasteiger partial charge >= 0.3 is 5.97 Å². The lowest BCUT2D eigenvalue weighted by molar-refractivity contribution is -0.154. The van der Waals surface area contributed by atoms with E-state index in [4.69, 9.17) is 9.47 Å². The molecule has 2 fully saturated rings. The Morgan fingerprint density at radius 1 is 1.07 bits per heavy atom. The third kappa shape index (κ3) is 3.15. The topological polar surface area (TPSA) is 102 Å². The minimum atomic E-state index is -0.785. The largest absolute Gasteiger partial charge is 0.497 e. The van der Waals surface area contributed by atoms with Crippen molar-refractivity contribution in [2.45, 2.75) is 6.42 Å². The number of methoxy groups -OCH3 is 1. The molecule has 0 aromatic heterocycles. The molecule has 3 amide bonds. The number of ether oxygens (including phenoxy) is 2. The normalized spacial score (nSPS) is 27.1. The van der Waals surface area contributed by atoms with Crippen LogP contribution < -0.4 is 10.1 Å². The lowest BCUT2D eigenvalue weighted by Crippen LogP contribution is -2.38. The number of allylic oxidation sites excluding steroid dienone is 2. The van der Waals surface area contributed by atoms with E-state index in [1.807, 2.05) is 12.2 Å². The molecule has 8 heteroatoms. The number of hydrogen-bond donors (Lipinski definition) is 1. The molecule has 2 aliphatic carbocycles. The summed E-state index contributed by atoms with van der Waals surface area (Å²) in [7, 11) is 1.54. The zero-order valence-electron chi connectivity index (χ0n) is 15.3. The van der Waals surface area contributed by atoms with Crippen LogP contribution in [0.2, 0.25) is 0 Å². The number of anilines is 1. The molecule has 2 bridgehead atoms. The first-order valence-corrected chi connectivity index (χ1v) is 9.11. The summed E-state index contributed by atoms with van der Waals surface area (Å²) in [5, 5.41) is 2.58. The average Bonchev–Trinajstić information content (AvgIpc) is 3.37. The predicted octanol–water partition coefficient (Wildman–Crippen LogP) is 0.984. The molecular formula is C20H20N2O6. The molecule has 0 radical (unpaired) electrons. The van der Waals surface area contributed by atoms with E-state index in [0.717, 1.165) is 11.3 Å². The lowest BCUT2D eigenvalue weighted by atomic mass is 9.85. The van der Waals surface area contributed by atoms with E-state index in [1.54, 1.807) is 24.3 Å². The van der Waals surface area contributed by atoms with Crippen molar-refractivity contribution in [1.82, 2.24) is 4.90 Å². The Balaban J connectivity index is 1.27. The van der Waals surface area contributed by atoms with E-state index in [-0.39, 0.29) is 35.5 Å². The van der Waals surface area contributed by atoms with Crippen LogP contribution in [0.25, 0.3) is 0 Å². The summed E-state index contributed by atoms with van der Waals surface area (Å²) in [6.07, 6.45) is 4.81. The predicted molar refractivity (Wildman–Crippen MR) is 97.0 cm³/mol. The van der Waals surface area contributed by atoms with Gasteiger partial charge in [0.25, 0.3) is 5.91 Å². The number of esters is 1. The van der Waals surface area contributed by atoms with Crippen LogP contribution in [0.3, 0.4) is 0 Å². The average molecular weight is 384 g/mol. The molecule has 3 aliphatic rings. The maximum Gasteiger partial charge on any atom is 0.326 e. The van der Waals surface area contributed by atoms with Gasteiger partial charge in [-0.3, -0.25) is 24.1 Å². The quantitative estimate of drug-likeness (QED) is 0.446. The summed E-state index contributed by atoms with van der Waals surface area (Å²) in [6.45, 7) is -0.958. The van der Waals surface area contributed by atoms with E-state index in [1.165, 1.54) is 7.11 Å². The lowest BCUT2D eigenvalue weighted by Gasteiger charge is -2.16. The van der Waals surface area contributed by atoms with Crippen molar-refractivity contribution in [3.05, 3.63) is 36.4 Å². The summed E-state index contributed by atoms with van der Waals surface area (Å²) in [5.74, 6) is -1.81. The fourth-order valence-corrected chi connectivity index (χ4v) is 4.31. The Morgan fingerprint density at radius 2 is 1.68 bits per heavy atom. The van der Waals surface area contributed by atoms with Gasteiger partial charge in [-0.25, -0.2) is 0 Å². The number of amides is 3. The van der Waals surface area contributed by atoms with E-state index in [0.29, 0.717) is 11.4 Å². The van der Waals surface area contributed by atoms with Crippen molar-refractivity contribution < 1.29 is 28.7 Å². The van der Waals surface area contributed by atoms with Gasteiger partial charge in [-0.05, 0) is 42.5 Å². The van der Waals surface area contributed by atoms with Gasteiger partial charge in [0.15, 0.2) is 6.61 Å². The second-order valence-electron chi connectivity index (χ2n) is 7.20. The number of hydrogen-bond acceptors (Lipinski definition) is 6. The van der Waals surface area contributed by atoms with E-state index >= 15 is 0 Å². The first-order chi connectivity index (χ1) is 13.5. The molecule has 4 rings (SSSR count).